The molecular weight excluding hydrogens is 214 g/mol. The van der Waals surface area contributed by atoms with E-state index in [1.165, 1.54) is 6.92 Å². The van der Waals surface area contributed by atoms with Crippen LogP contribution in [0.2, 0.25) is 0 Å². The number of rotatable bonds is 5. The molecule has 0 aromatic carbocycles. The van der Waals surface area contributed by atoms with Crippen LogP contribution in [0.5, 0.6) is 0 Å². The SMILES string of the molecule is CC(C)(C)OC(=O)[C@@](C)(CCCO)[N+](=O)[O-]. The Morgan fingerprint density at radius 3 is 2.19 bits per heavy atom. The van der Waals surface area contributed by atoms with Crippen LogP contribution in [-0.4, -0.2) is 33.7 Å². The summed E-state index contributed by atoms with van der Waals surface area (Å²) < 4.78 is 5.00. The summed E-state index contributed by atoms with van der Waals surface area (Å²) in [4.78, 5) is 21.9. The van der Waals surface area contributed by atoms with Crippen LogP contribution in [0.1, 0.15) is 40.5 Å². The van der Waals surface area contributed by atoms with E-state index in [1.807, 2.05) is 0 Å². The van der Waals surface area contributed by atoms with Crippen molar-refractivity contribution in [1.29, 1.82) is 0 Å². The first-order chi connectivity index (χ1) is 7.13. The minimum Gasteiger partial charge on any atom is -0.455 e. The van der Waals surface area contributed by atoms with Crippen molar-refractivity contribution in [2.75, 3.05) is 6.61 Å². The van der Waals surface area contributed by atoms with Gasteiger partial charge in [-0.05, 0) is 27.2 Å². The van der Waals surface area contributed by atoms with Gasteiger partial charge in [0.15, 0.2) is 0 Å². The van der Waals surface area contributed by atoms with Crippen molar-refractivity contribution < 1.29 is 19.6 Å². The summed E-state index contributed by atoms with van der Waals surface area (Å²) in [6.45, 7) is 5.98. The van der Waals surface area contributed by atoms with Crippen molar-refractivity contribution in [3.63, 3.8) is 0 Å². The highest BCUT2D eigenvalue weighted by atomic mass is 16.6. The maximum atomic E-state index is 11.7. The molecule has 6 heteroatoms. The lowest BCUT2D eigenvalue weighted by atomic mass is 9.96. The molecule has 0 aliphatic carbocycles. The lowest BCUT2D eigenvalue weighted by Gasteiger charge is -2.25. The van der Waals surface area contributed by atoms with Gasteiger partial charge in [0.05, 0.1) is 0 Å². The van der Waals surface area contributed by atoms with Crippen molar-refractivity contribution in [2.45, 2.75) is 51.7 Å². The molecule has 1 N–H and O–H groups in total. The lowest BCUT2D eigenvalue weighted by Crippen LogP contribution is -2.47. The molecule has 0 bridgehead atoms. The molecule has 94 valence electrons. The molecule has 0 aliphatic rings. The molecule has 0 heterocycles. The summed E-state index contributed by atoms with van der Waals surface area (Å²) in [6.07, 6.45) is 0.155. The Labute approximate surface area is 94.7 Å². The first-order valence-corrected chi connectivity index (χ1v) is 5.12. The summed E-state index contributed by atoms with van der Waals surface area (Å²) in [7, 11) is 0. The number of nitrogens with zero attached hydrogens (tertiary/aromatic N) is 1. The Kier molecular flexibility index (Phi) is 4.86. The van der Waals surface area contributed by atoms with Gasteiger partial charge in [0.25, 0.3) is 0 Å². The summed E-state index contributed by atoms with van der Waals surface area (Å²) >= 11 is 0. The van der Waals surface area contributed by atoms with Gasteiger partial charge in [0, 0.05) is 24.9 Å². The molecule has 0 saturated heterocycles. The molecule has 16 heavy (non-hydrogen) atoms. The predicted molar refractivity (Wildman–Crippen MR) is 57.6 cm³/mol. The van der Waals surface area contributed by atoms with Crippen LogP contribution in [0.25, 0.3) is 0 Å². The van der Waals surface area contributed by atoms with Crippen molar-refractivity contribution >= 4 is 5.97 Å². The van der Waals surface area contributed by atoms with Crippen LogP contribution in [0.15, 0.2) is 0 Å². The Hall–Kier alpha value is -1.17. The Bertz CT molecular complexity index is 271. The monoisotopic (exact) mass is 233 g/mol. The normalized spacial score (nSPS) is 15.3. The topological polar surface area (TPSA) is 89.7 Å². The first kappa shape index (κ1) is 14.8. The van der Waals surface area contributed by atoms with E-state index in [9.17, 15) is 14.9 Å². The Balaban J connectivity index is 4.77. The Morgan fingerprint density at radius 2 is 1.88 bits per heavy atom. The van der Waals surface area contributed by atoms with Gasteiger partial charge in [-0.2, -0.15) is 0 Å². The second kappa shape index (κ2) is 5.25. The maximum absolute atomic E-state index is 11.7. The molecule has 6 nitrogen and oxygen atoms in total. The standard InChI is InChI=1S/C10H19NO5/c1-9(2,3)16-8(13)10(4,11(14)15)6-5-7-12/h12H,5-7H2,1-4H3/t10-/m1/s1. The molecule has 1 atom stereocenters. The van der Waals surface area contributed by atoms with E-state index in [0.29, 0.717) is 0 Å². The van der Waals surface area contributed by atoms with Crippen LogP contribution < -0.4 is 0 Å². The average molecular weight is 233 g/mol. The fourth-order valence-electron chi connectivity index (χ4n) is 1.08. The number of carbonyl (C=O) groups excluding carboxylic acids is 1. The third kappa shape index (κ3) is 4.14. The third-order valence-electron chi connectivity index (χ3n) is 2.06. The molecule has 0 aromatic heterocycles. The number of carbonyl (C=O) groups is 1. The molecule has 0 spiro atoms. The van der Waals surface area contributed by atoms with Gasteiger partial charge >= 0.3 is 11.5 Å². The highest BCUT2D eigenvalue weighted by molar-refractivity contribution is 5.79. The highest BCUT2D eigenvalue weighted by Gasteiger charge is 2.48. The van der Waals surface area contributed by atoms with Crippen molar-refractivity contribution in [3.05, 3.63) is 10.1 Å². The zero-order chi connectivity index (χ0) is 13.0. The fourth-order valence-corrected chi connectivity index (χ4v) is 1.08. The van der Waals surface area contributed by atoms with Gasteiger partial charge in [-0.1, -0.05) is 0 Å². The van der Waals surface area contributed by atoms with Gasteiger partial charge in [-0.15, -0.1) is 0 Å². The molecule has 0 unspecified atom stereocenters. The van der Waals surface area contributed by atoms with Crippen molar-refractivity contribution in [3.8, 4) is 0 Å². The molecule has 0 fully saturated rings. The Morgan fingerprint density at radius 1 is 1.38 bits per heavy atom. The average Bonchev–Trinajstić information content (AvgIpc) is 2.10. The molecular formula is C10H19NO5. The smallest absolute Gasteiger partial charge is 0.384 e. The number of esters is 1. The summed E-state index contributed by atoms with van der Waals surface area (Å²) in [5.41, 5.74) is -2.54. The highest BCUT2D eigenvalue weighted by Crippen LogP contribution is 2.22. The number of ether oxygens (including phenoxy) is 1. The second-order valence-corrected chi connectivity index (χ2v) is 4.86. The van der Waals surface area contributed by atoms with Crippen LogP contribution >= 0.6 is 0 Å². The van der Waals surface area contributed by atoms with Crippen molar-refractivity contribution in [2.24, 2.45) is 0 Å². The molecule has 0 rings (SSSR count). The van der Waals surface area contributed by atoms with Gasteiger partial charge < -0.3 is 9.84 Å². The summed E-state index contributed by atoms with van der Waals surface area (Å²) in [5.74, 6) is -0.863. The van der Waals surface area contributed by atoms with Gasteiger partial charge in [-0.3, -0.25) is 10.1 Å². The molecule has 0 aliphatic heterocycles. The second-order valence-electron chi connectivity index (χ2n) is 4.86. The maximum Gasteiger partial charge on any atom is 0.384 e. The van der Waals surface area contributed by atoms with Gasteiger partial charge in [0.2, 0.25) is 0 Å². The van der Waals surface area contributed by atoms with Crippen LogP contribution in [0.4, 0.5) is 0 Å². The molecule has 0 amide bonds. The third-order valence-corrected chi connectivity index (χ3v) is 2.06. The fraction of sp³-hybridized carbons (Fsp3) is 0.900. The minimum atomic E-state index is -1.78. The summed E-state index contributed by atoms with van der Waals surface area (Å²) in [5, 5.41) is 19.5. The van der Waals surface area contributed by atoms with E-state index in [2.05, 4.69) is 0 Å². The van der Waals surface area contributed by atoms with Crippen LogP contribution in [0, 0.1) is 10.1 Å². The first-order valence-electron chi connectivity index (χ1n) is 5.12. The number of hydrogen-bond acceptors (Lipinski definition) is 5. The number of aliphatic hydroxyl groups excluding tert-OH is 1. The zero-order valence-electron chi connectivity index (χ0n) is 10.1. The van der Waals surface area contributed by atoms with Crippen molar-refractivity contribution in [1.82, 2.24) is 0 Å². The molecule has 0 aromatic rings. The molecule has 0 radical (unpaired) electrons. The largest absolute Gasteiger partial charge is 0.455 e. The predicted octanol–water partition coefficient (Wildman–Crippen LogP) is 1.14. The van der Waals surface area contributed by atoms with Gasteiger partial charge in [0.1, 0.15) is 5.60 Å². The quantitative estimate of drug-likeness (QED) is 0.437. The minimum absolute atomic E-state index is 0.0363. The summed E-state index contributed by atoms with van der Waals surface area (Å²) in [6, 6.07) is 0. The van der Waals surface area contributed by atoms with E-state index < -0.39 is 22.0 Å². The van der Waals surface area contributed by atoms with E-state index in [4.69, 9.17) is 9.84 Å². The number of nitro groups is 1. The number of aliphatic hydroxyl groups is 1. The van der Waals surface area contributed by atoms with Crippen LogP contribution in [0.3, 0.4) is 0 Å². The van der Waals surface area contributed by atoms with E-state index in [0.717, 1.165) is 0 Å². The zero-order valence-corrected chi connectivity index (χ0v) is 10.1. The number of hydrogen-bond donors (Lipinski definition) is 1. The lowest BCUT2D eigenvalue weighted by molar-refractivity contribution is -0.552. The van der Waals surface area contributed by atoms with Crippen LogP contribution in [-0.2, 0) is 9.53 Å². The van der Waals surface area contributed by atoms with E-state index >= 15 is 0 Å². The van der Waals surface area contributed by atoms with E-state index in [-0.39, 0.29) is 19.4 Å². The van der Waals surface area contributed by atoms with Gasteiger partial charge in [-0.25, -0.2) is 4.79 Å². The van der Waals surface area contributed by atoms with E-state index in [1.54, 1.807) is 20.8 Å². The molecule has 0 saturated carbocycles.